The molecular weight excluding hydrogens is 1280 g/mol. The number of aliphatic hydroxyl groups excluding tert-OH is 22. The number of hydrogen-bond donors (Lipinski definition) is 24. The first kappa shape index (κ1) is 76.2. The van der Waals surface area contributed by atoms with Crippen molar-refractivity contribution in [3.8, 4) is 0 Å². The molecule has 0 aliphatic carbocycles. The molecule has 540 valence electrons. The Morgan fingerprint density at radius 3 is 1.06 bits per heavy atom. The first-order valence-corrected chi connectivity index (χ1v) is 29.9. The van der Waals surface area contributed by atoms with Crippen LogP contribution >= 0.6 is 0 Å². The van der Waals surface area contributed by atoms with Crippen molar-refractivity contribution in [3.05, 3.63) is 0 Å². The van der Waals surface area contributed by atoms with Crippen LogP contribution in [0.1, 0.15) is 27.7 Å². The van der Waals surface area contributed by atoms with E-state index in [2.05, 4.69) is 10.6 Å². The molecule has 24 N–H and O–H groups in total. The van der Waals surface area contributed by atoms with Crippen molar-refractivity contribution in [1.82, 2.24) is 10.6 Å². The average molecular weight is 1370 g/mol. The molecule has 41 heteroatoms. The van der Waals surface area contributed by atoms with Crippen LogP contribution in [0.4, 0.5) is 0 Å². The molecule has 8 rings (SSSR count). The summed E-state index contributed by atoms with van der Waals surface area (Å²) in [6.45, 7) is -1.66. The molecule has 8 aliphatic heterocycles. The summed E-state index contributed by atoms with van der Waals surface area (Å²) in [6, 6.07) is -3.73. The smallest absolute Gasteiger partial charge is 0.217 e. The van der Waals surface area contributed by atoms with Gasteiger partial charge in [-0.2, -0.15) is 0 Å². The molecule has 0 spiro atoms. The number of nitrogens with one attached hydrogen (secondary N) is 2. The van der Waals surface area contributed by atoms with E-state index < -0.39 is 297 Å². The van der Waals surface area contributed by atoms with E-state index in [1.165, 1.54) is 13.8 Å². The second kappa shape index (κ2) is 32.6. The summed E-state index contributed by atoms with van der Waals surface area (Å²) in [5.41, 5.74) is 0. The zero-order valence-electron chi connectivity index (χ0n) is 50.1. The standard InChI is InChI=1S/C52H88N2O39/c1-11-23(62)30(69)36(75)48(80-11)92-43-32(71)25(64)15(5-55)83-51(43)89-39-18(8-58)85-46(21(28(39)67)53-13(3)60)79-10-20-27(66)42(38(77)50(87-20)88-41-17(7-57)82-45(78)35(74)34(41)73)91-47-22(54-14(4)61)29(68)40(19(9-59)86-47)90-52-44(33(72)26(65)16(6-56)84-52)93-49-37(76)31(70)24(63)12(2)81-49/h11-12,15-52,55-59,62-78H,5-10H2,1-4H3,(H,53,60)(H,54,61)/t11-,12-,15+,16+,17+,18+,19+,20+,21+,22+,23+,24+,25-,26-,27-,28+,29+,30+,31+,32-,33-,34+,35+,36-,37-,38+,39+,40+,41+,42-,43+,44+,45?,46+,47-,48-,49-,50-,51-,52-/m0/s1. The summed E-state index contributed by atoms with van der Waals surface area (Å²) in [6.07, 6.45) is -73.2. The van der Waals surface area contributed by atoms with Gasteiger partial charge in [0.05, 0.1) is 51.8 Å². The third kappa shape index (κ3) is 16.4. The number of carbonyl (C=O) groups is 2. The number of ether oxygens (including phenoxy) is 15. The molecular formula is C52H88N2O39. The lowest BCUT2D eigenvalue weighted by molar-refractivity contribution is -0.393. The Morgan fingerprint density at radius 2 is 0.634 bits per heavy atom. The van der Waals surface area contributed by atoms with Crippen molar-refractivity contribution in [2.75, 3.05) is 39.6 Å². The molecule has 8 fully saturated rings. The Labute approximate surface area is 527 Å². The van der Waals surface area contributed by atoms with Crippen molar-refractivity contribution in [3.63, 3.8) is 0 Å². The molecule has 0 aromatic carbocycles. The third-order valence-corrected chi connectivity index (χ3v) is 17.4. The summed E-state index contributed by atoms with van der Waals surface area (Å²) in [5, 5.41) is 244. The Kier molecular flexibility index (Phi) is 26.7. The first-order chi connectivity index (χ1) is 43.9. The molecule has 8 heterocycles. The maximum absolute atomic E-state index is 12.9. The molecule has 0 radical (unpaired) electrons. The van der Waals surface area contributed by atoms with E-state index in [0.717, 1.165) is 13.8 Å². The lowest BCUT2D eigenvalue weighted by atomic mass is 9.94. The van der Waals surface area contributed by atoms with Crippen LogP contribution in [0, 0.1) is 0 Å². The summed E-state index contributed by atoms with van der Waals surface area (Å²) in [7, 11) is 0. The van der Waals surface area contributed by atoms with Gasteiger partial charge in [0.1, 0.15) is 183 Å². The highest BCUT2D eigenvalue weighted by Crippen LogP contribution is 2.39. The third-order valence-electron chi connectivity index (χ3n) is 17.4. The molecule has 0 saturated carbocycles. The molecule has 2 amide bonds. The highest BCUT2D eigenvalue weighted by atomic mass is 16.8. The molecule has 1 unspecified atom stereocenters. The average Bonchev–Trinajstić information content (AvgIpc) is 0.824. The van der Waals surface area contributed by atoms with Crippen LogP contribution in [0.5, 0.6) is 0 Å². The first-order valence-electron chi connectivity index (χ1n) is 29.9. The fourth-order valence-corrected chi connectivity index (χ4v) is 12.0. The van der Waals surface area contributed by atoms with E-state index >= 15 is 0 Å². The molecule has 0 aromatic heterocycles. The monoisotopic (exact) mass is 1360 g/mol. The van der Waals surface area contributed by atoms with Crippen LogP contribution in [-0.4, -0.2) is 409 Å². The van der Waals surface area contributed by atoms with Crippen LogP contribution in [0.25, 0.3) is 0 Å². The highest BCUT2D eigenvalue weighted by molar-refractivity contribution is 5.73. The topological polar surface area (TPSA) is 642 Å². The van der Waals surface area contributed by atoms with Gasteiger partial charge >= 0.3 is 0 Å². The van der Waals surface area contributed by atoms with E-state index in [0.29, 0.717) is 0 Å². The van der Waals surface area contributed by atoms with Crippen LogP contribution in [0.15, 0.2) is 0 Å². The van der Waals surface area contributed by atoms with Gasteiger partial charge in [-0.15, -0.1) is 0 Å². The molecule has 8 saturated heterocycles. The van der Waals surface area contributed by atoms with E-state index in [4.69, 9.17) is 71.1 Å². The molecule has 41 nitrogen and oxygen atoms in total. The minimum atomic E-state index is -2.35. The number of rotatable bonds is 22. The number of carbonyl (C=O) groups excluding carboxylic acids is 2. The Morgan fingerprint density at radius 1 is 0.301 bits per heavy atom. The van der Waals surface area contributed by atoms with Crippen LogP contribution in [0.2, 0.25) is 0 Å². The van der Waals surface area contributed by atoms with Gasteiger partial charge in [0.25, 0.3) is 0 Å². The largest absolute Gasteiger partial charge is 0.394 e. The lowest BCUT2D eigenvalue weighted by Crippen LogP contribution is -2.70. The molecule has 40 atom stereocenters. The van der Waals surface area contributed by atoms with E-state index in [1.54, 1.807) is 0 Å². The summed E-state index contributed by atoms with van der Waals surface area (Å²) in [5.74, 6) is -1.81. The van der Waals surface area contributed by atoms with Gasteiger partial charge in [-0.3, -0.25) is 9.59 Å². The Hall–Kier alpha value is -2.54. The maximum Gasteiger partial charge on any atom is 0.217 e. The number of aliphatic hydroxyl groups is 22. The molecule has 8 aliphatic rings. The fourth-order valence-electron chi connectivity index (χ4n) is 12.0. The number of amides is 2. The zero-order valence-corrected chi connectivity index (χ0v) is 50.1. The van der Waals surface area contributed by atoms with Crippen LogP contribution in [-0.2, 0) is 80.6 Å². The van der Waals surface area contributed by atoms with E-state index in [-0.39, 0.29) is 0 Å². The van der Waals surface area contributed by atoms with E-state index in [1.807, 2.05) is 0 Å². The summed E-state index contributed by atoms with van der Waals surface area (Å²) >= 11 is 0. The normalized spacial score (nSPS) is 51.6. The van der Waals surface area contributed by atoms with Crippen molar-refractivity contribution < 1.29 is 193 Å². The maximum atomic E-state index is 12.9. The van der Waals surface area contributed by atoms with E-state index in [9.17, 15) is 122 Å². The summed E-state index contributed by atoms with van der Waals surface area (Å²) < 4.78 is 87.4. The predicted octanol–water partition coefficient (Wildman–Crippen LogP) is -16.1. The van der Waals surface area contributed by atoms with Crippen LogP contribution in [0.3, 0.4) is 0 Å². The lowest BCUT2D eigenvalue weighted by Gasteiger charge is -2.51. The van der Waals surface area contributed by atoms with Gasteiger partial charge in [-0.25, -0.2) is 0 Å². The van der Waals surface area contributed by atoms with Crippen molar-refractivity contribution in [2.45, 2.75) is 273 Å². The van der Waals surface area contributed by atoms with Gasteiger partial charge in [-0.05, 0) is 13.8 Å². The van der Waals surface area contributed by atoms with Crippen LogP contribution < -0.4 is 10.6 Å². The molecule has 93 heavy (non-hydrogen) atoms. The fraction of sp³-hybridized carbons (Fsp3) is 0.962. The summed E-state index contributed by atoms with van der Waals surface area (Å²) in [4.78, 5) is 25.8. The van der Waals surface area contributed by atoms with Gasteiger partial charge in [0.15, 0.2) is 50.3 Å². The van der Waals surface area contributed by atoms with Gasteiger partial charge < -0.3 is 194 Å². The van der Waals surface area contributed by atoms with Crippen molar-refractivity contribution >= 4 is 11.8 Å². The SMILES string of the molecule is CC(=O)N[C@H]1[C@H](OC[C@H]2O[C@@H](O[C@H]3[C@H](O)[C@@H](O)C(O)O[C@@H]3CO)[C@H](O)[C@@H](O[C@@H]3O[C@H](CO)[C@@H](O[C@@H]4O[C@H](CO)[C@H](O)[C@H](O)[C@H]4O[C@@H]4O[C@@H](C)[C@@H](O)[C@@H](O)[C@@H]4O)[C@H](O)[C@H]3NC(C)=O)[C@H]2O)O[C@H](CO)[C@@H](O[C@@H]2O[C@H](CO)[C@H](O)[C@H](O)[C@H]2O[C@@H]2O[C@@H](C)[C@@H](O)[C@@H](O)[C@@H]2O)[C@@H]1O. The second-order valence-electron chi connectivity index (χ2n) is 23.9. The second-order valence-corrected chi connectivity index (χ2v) is 23.9. The van der Waals surface area contributed by atoms with Gasteiger partial charge in [-0.1, -0.05) is 0 Å². The van der Waals surface area contributed by atoms with Crippen molar-refractivity contribution in [2.24, 2.45) is 0 Å². The Balaban J connectivity index is 1.06. The number of hydrogen-bond acceptors (Lipinski definition) is 39. The molecule has 0 aromatic rings. The quantitative estimate of drug-likeness (QED) is 0.0479. The van der Waals surface area contributed by atoms with Crippen molar-refractivity contribution in [1.29, 1.82) is 0 Å². The highest BCUT2D eigenvalue weighted by Gasteiger charge is 2.59. The predicted molar refractivity (Wildman–Crippen MR) is 285 cm³/mol. The van der Waals surface area contributed by atoms with Gasteiger partial charge in [0.2, 0.25) is 11.8 Å². The minimum absolute atomic E-state index is 0.879. The Bertz CT molecular complexity index is 2350. The van der Waals surface area contributed by atoms with Gasteiger partial charge in [0, 0.05) is 13.8 Å². The zero-order chi connectivity index (χ0) is 68.5. The molecule has 0 bridgehead atoms. The minimum Gasteiger partial charge on any atom is -0.394 e.